The Labute approximate surface area is 99.5 Å². The second-order valence-electron chi connectivity index (χ2n) is 3.96. The van der Waals surface area contributed by atoms with E-state index in [1.807, 2.05) is 31.2 Å². The molecule has 1 aliphatic rings. The summed E-state index contributed by atoms with van der Waals surface area (Å²) in [4.78, 5) is 22.4. The minimum absolute atomic E-state index is 0.0934. The van der Waals surface area contributed by atoms with Crippen LogP contribution in [0.2, 0.25) is 0 Å². The highest BCUT2D eigenvalue weighted by Gasteiger charge is 2.28. The van der Waals surface area contributed by atoms with Crippen molar-refractivity contribution >= 4 is 11.9 Å². The zero-order chi connectivity index (χ0) is 12.3. The molecule has 0 atom stereocenters. The minimum Gasteiger partial charge on any atom is -0.494 e. The Hall–Kier alpha value is -1.84. The number of cyclic esters (lactones) is 2. The third-order valence-corrected chi connectivity index (χ3v) is 2.69. The third kappa shape index (κ3) is 2.84. The van der Waals surface area contributed by atoms with Crippen molar-refractivity contribution in [2.45, 2.75) is 25.7 Å². The average molecular weight is 234 g/mol. The molecule has 0 bridgehead atoms. The summed E-state index contributed by atoms with van der Waals surface area (Å²) in [7, 11) is 0. The summed E-state index contributed by atoms with van der Waals surface area (Å²) in [6, 6.07) is 7.50. The van der Waals surface area contributed by atoms with Crippen LogP contribution in [0.25, 0.3) is 0 Å². The van der Waals surface area contributed by atoms with Gasteiger partial charge in [-0.25, -0.2) is 0 Å². The van der Waals surface area contributed by atoms with Gasteiger partial charge in [-0.1, -0.05) is 12.1 Å². The number of hydrogen-bond acceptors (Lipinski definition) is 4. The lowest BCUT2D eigenvalue weighted by Crippen LogP contribution is -2.24. The summed E-state index contributed by atoms with van der Waals surface area (Å²) in [5.41, 5.74) is 0.945. The molecule has 0 radical (unpaired) electrons. The normalized spacial score (nSPS) is 16.8. The summed E-state index contributed by atoms with van der Waals surface area (Å²) in [6.07, 6.45) is 0.503. The molecule has 1 aromatic rings. The van der Waals surface area contributed by atoms with E-state index >= 15 is 0 Å². The predicted octanol–water partition coefficient (Wildman–Crippen LogP) is 2.03. The van der Waals surface area contributed by atoms with Gasteiger partial charge < -0.3 is 9.47 Å². The summed E-state index contributed by atoms with van der Waals surface area (Å²) in [5, 5.41) is 0. The molecule has 90 valence electrons. The Balaban J connectivity index is 2.18. The van der Waals surface area contributed by atoms with E-state index in [4.69, 9.17) is 4.74 Å². The molecule has 17 heavy (non-hydrogen) atoms. The SMILES string of the molecule is CCOc1cccc(C2CC(=O)OC(=O)C2)c1. The predicted molar refractivity (Wildman–Crippen MR) is 60.7 cm³/mol. The Morgan fingerprint density at radius 3 is 2.65 bits per heavy atom. The maximum Gasteiger partial charge on any atom is 0.314 e. The monoisotopic (exact) mass is 234 g/mol. The Bertz CT molecular complexity index is 423. The van der Waals surface area contributed by atoms with E-state index in [1.165, 1.54) is 0 Å². The van der Waals surface area contributed by atoms with Crippen molar-refractivity contribution in [1.82, 2.24) is 0 Å². The van der Waals surface area contributed by atoms with Crippen LogP contribution < -0.4 is 4.74 Å². The Kier molecular flexibility index (Phi) is 3.42. The third-order valence-electron chi connectivity index (χ3n) is 2.69. The first-order chi connectivity index (χ1) is 8.19. The molecule has 0 unspecified atom stereocenters. The van der Waals surface area contributed by atoms with Crippen LogP contribution in [0.5, 0.6) is 5.75 Å². The molecular weight excluding hydrogens is 220 g/mol. The molecule has 0 amide bonds. The zero-order valence-electron chi connectivity index (χ0n) is 9.64. The van der Waals surface area contributed by atoms with Gasteiger partial charge in [0.25, 0.3) is 0 Å². The maximum absolute atomic E-state index is 11.2. The van der Waals surface area contributed by atoms with Gasteiger partial charge >= 0.3 is 11.9 Å². The molecule has 1 aromatic carbocycles. The van der Waals surface area contributed by atoms with Crippen LogP contribution in [0.3, 0.4) is 0 Å². The van der Waals surface area contributed by atoms with E-state index < -0.39 is 11.9 Å². The van der Waals surface area contributed by atoms with Crippen LogP contribution in [0, 0.1) is 0 Å². The molecule has 4 nitrogen and oxygen atoms in total. The number of carbonyl (C=O) groups is 2. The summed E-state index contributed by atoms with van der Waals surface area (Å²) >= 11 is 0. The van der Waals surface area contributed by atoms with Crippen molar-refractivity contribution < 1.29 is 19.1 Å². The number of benzene rings is 1. The molecule has 0 saturated carbocycles. The van der Waals surface area contributed by atoms with Crippen molar-refractivity contribution in [1.29, 1.82) is 0 Å². The van der Waals surface area contributed by atoms with Crippen molar-refractivity contribution in [2.24, 2.45) is 0 Å². The highest BCUT2D eigenvalue weighted by atomic mass is 16.6. The van der Waals surface area contributed by atoms with Crippen molar-refractivity contribution in [3.8, 4) is 5.75 Å². The van der Waals surface area contributed by atoms with Gasteiger partial charge in [0.2, 0.25) is 0 Å². The number of rotatable bonds is 3. The molecule has 4 heteroatoms. The van der Waals surface area contributed by atoms with Crippen molar-refractivity contribution in [3.63, 3.8) is 0 Å². The summed E-state index contributed by atoms with van der Waals surface area (Å²) in [6.45, 7) is 2.50. The summed E-state index contributed by atoms with van der Waals surface area (Å²) < 4.78 is 9.90. The maximum atomic E-state index is 11.2. The van der Waals surface area contributed by atoms with Gasteiger partial charge in [-0.2, -0.15) is 0 Å². The average Bonchev–Trinajstić information content (AvgIpc) is 2.28. The minimum atomic E-state index is -0.451. The Morgan fingerprint density at radius 2 is 2.00 bits per heavy atom. The van der Waals surface area contributed by atoms with E-state index in [-0.39, 0.29) is 18.8 Å². The van der Waals surface area contributed by atoms with E-state index in [1.54, 1.807) is 0 Å². The smallest absolute Gasteiger partial charge is 0.314 e. The van der Waals surface area contributed by atoms with E-state index in [0.29, 0.717) is 6.61 Å². The number of hydrogen-bond donors (Lipinski definition) is 0. The van der Waals surface area contributed by atoms with Gasteiger partial charge in [-0.3, -0.25) is 9.59 Å². The second kappa shape index (κ2) is 4.99. The zero-order valence-corrected chi connectivity index (χ0v) is 9.64. The highest BCUT2D eigenvalue weighted by molar-refractivity contribution is 5.89. The largest absolute Gasteiger partial charge is 0.494 e. The second-order valence-corrected chi connectivity index (χ2v) is 3.96. The molecule has 1 aliphatic heterocycles. The first-order valence-corrected chi connectivity index (χ1v) is 5.65. The van der Waals surface area contributed by atoms with Crippen LogP contribution in [0.1, 0.15) is 31.2 Å². The molecule has 0 spiro atoms. The lowest BCUT2D eigenvalue weighted by molar-refractivity contribution is -0.163. The lowest BCUT2D eigenvalue weighted by atomic mass is 9.91. The van der Waals surface area contributed by atoms with Gasteiger partial charge in [0.05, 0.1) is 19.4 Å². The first kappa shape index (κ1) is 11.6. The quantitative estimate of drug-likeness (QED) is 0.593. The first-order valence-electron chi connectivity index (χ1n) is 5.65. The molecule has 1 heterocycles. The van der Waals surface area contributed by atoms with E-state index in [9.17, 15) is 9.59 Å². The molecule has 0 N–H and O–H groups in total. The van der Waals surface area contributed by atoms with Gasteiger partial charge in [0.1, 0.15) is 5.75 Å². The number of esters is 2. The lowest BCUT2D eigenvalue weighted by Gasteiger charge is -2.20. The van der Waals surface area contributed by atoms with Gasteiger partial charge in [-0.05, 0) is 24.6 Å². The highest BCUT2D eigenvalue weighted by Crippen LogP contribution is 2.30. The fraction of sp³-hybridized carbons (Fsp3) is 0.385. The number of ether oxygens (including phenoxy) is 2. The van der Waals surface area contributed by atoms with Crippen LogP contribution in [0.4, 0.5) is 0 Å². The molecule has 0 aromatic heterocycles. The van der Waals surface area contributed by atoms with Gasteiger partial charge in [-0.15, -0.1) is 0 Å². The standard InChI is InChI=1S/C13H14O4/c1-2-16-11-5-3-4-9(6-11)10-7-12(14)17-13(15)8-10/h3-6,10H,2,7-8H2,1H3. The van der Waals surface area contributed by atoms with Crippen molar-refractivity contribution in [2.75, 3.05) is 6.61 Å². The number of carbonyl (C=O) groups excluding carboxylic acids is 2. The molecule has 1 saturated heterocycles. The molecule has 1 fully saturated rings. The van der Waals surface area contributed by atoms with Gasteiger partial charge in [0, 0.05) is 5.92 Å². The fourth-order valence-electron chi connectivity index (χ4n) is 1.95. The van der Waals surface area contributed by atoms with Crippen LogP contribution in [0.15, 0.2) is 24.3 Å². The van der Waals surface area contributed by atoms with Crippen LogP contribution in [-0.2, 0) is 14.3 Å². The molecule has 2 rings (SSSR count). The molecular formula is C13H14O4. The van der Waals surface area contributed by atoms with Crippen molar-refractivity contribution in [3.05, 3.63) is 29.8 Å². The van der Waals surface area contributed by atoms with Crippen LogP contribution >= 0.6 is 0 Å². The fourth-order valence-corrected chi connectivity index (χ4v) is 1.95. The van der Waals surface area contributed by atoms with Gasteiger partial charge in [0.15, 0.2) is 0 Å². The Morgan fingerprint density at radius 1 is 1.29 bits per heavy atom. The van der Waals surface area contributed by atoms with Crippen LogP contribution in [-0.4, -0.2) is 18.5 Å². The summed E-state index contributed by atoms with van der Waals surface area (Å²) in [5.74, 6) is -0.235. The topological polar surface area (TPSA) is 52.6 Å². The molecule has 0 aliphatic carbocycles. The van der Waals surface area contributed by atoms with E-state index in [2.05, 4.69) is 4.74 Å². The van der Waals surface area contributed by atoms with E-state index in [0.717, 1.165) is 11.3 Å².